The molecule has 0 aromatic heterocycles. The molecule has 1 heterocycles. The summed E-state index contributed by atoms with van der Waals surface area (Å²) < 4.78 is 16.4. The van der Waals surface area contributed by atoms with Crippen molar-refractivity contribution in [2.75, 3.05) is 39.9 Å². The van der Waals surface area contributed by atoms with E-state index in [4.69, 9.17) is 19.0 Å². The Kier molecular flexibility index (Phi) is 10.6. The minimum atomic E-state index is -1.12. The second-order valence-electron chi connectivity index (χ2n) is 8.62. The Morgan fingerprint density at radius 2 is 1.65 bits per heavy atom. The van der Waals surface area contributed by atoms with Gasteiger partial charge in [0.05, 0.1) is 26.4 Å². The van der Waals surface area contributed by atoms with Crippen LogP contribution in [-0.2, 0) is 32.2 Å². The number of thioether (sulfide) groups is 1. The van der Waals surface area contributed by atoms with E-state index in [9.17, 15) is 14.7 Å². The number of carbonyl (C=O) groups excluding carboxylic acids is 1. The summed E-state index contributed by atoms with van der Waals surface area (Å²) in [6.07, 6.45) is 1.72. The Labute approximate surface area is 221 Å². The normalized spacial score (nSPS) is 15.1. The summed E-state index contributed by atoms with van der Waals surface area (Å²) in [5.41, 5.74) is 3.55. The number of carboxylic acid groups (broad SMARTS) is 1. The molecule has 3 rings (SSSR count). The van der Waals surface area contributed by atoms with E-state index >= 15 is 0 Å². The molecule has 10 heteroatoms. The summed E-state index contributed by atoms with van der Waals surface area (Å²) in [7, 11) is 6.20. The van der Waals surface area contributed by atoms with Crippen LogP contribution in [0.2, 0.25) is 0 Å². The van der Waals surface area contributed by atoms with E-state index in [-0.39, 0.29) is 18.1 Å². The minimum Gasteiger partial charge on any atom is -0.496 e. The fourth-order valence-corrected chi connectivity index (χ4v) is 5.45. The first kappa shape index (κ1) is 28.3. The van der Waals surface area contributed by atoms with Gasteiger partial charge in [0.1, 0.15) is 30.4 Å². The van der Waals surface area contributed by atoms with Gasteiger partial charge in [-0.2, -0.15) is 11.8 Å². The van der Waals surface area contributed by atoms with E-state index in [1.807, 2.05) is 48.2 Å². The molecular weight excluding hydrogens is 496 g/mol. The number of carbonyl (C=O) groups is 2. The molecule has 1 fully saturated rings. The molecule has 9 nitrogen and oxygen atoms in total. The van der Waals surface area contributed by atoms with E-state index < -0.39 is 17.9 Å². The van der Waals surface area contributed by atoms with Crippen molar-refractivity contribution in [1.29, 1.82) is 0 Å². The number of ether oxygens (including phenoxy) is 3. The number of hydrogen-bond acceptors (Lipinski definition) is 8. The predicted octanol–water partition coefficient (Wildman–Crippen LogP) is 3.77. The molecule has 1 saturated heterocycles. The first-order valence-corrected chi connectivity index (χ1v) is 13.1. The number of rotatable bonds is 12. The predicted molar refractivity (Wildman–Crippen MR) is 143 cm³/mol. The maximum absolute atomic E-state index is 13.0. The van der Waals surface area contributed by atoms with Crippen molar-refractivity contribution in [3.05, 3.63) is 47.5 Å². The first-order valence-electron chi connectivity index (χ1n) is 12.0. The first-order chi connectivity index (χ1) is 17.9. The lowest BCUT2D eigenvalue weighted by molar-refractivity contribution is -0.141. The van der Waals surface area contributed by atoms with Crippen molar-refractivity contribution in [1.82, 2.24) is 5.32 Å². The summed E-state index contributed by atoms with van der Waals surface area (Å²) in [6, 6.07) is 10.1. The summed E-state index contributed by atoms with van der Waals surface area (Å²) in [5.74, 6) is 1.47. The zero-order valence-corrected chi connectivity index (χ0v) is 22.4. The van der Waals surface area contributed by atoms with E-state index in [0.29, 0.717) is 18.1 Å². The van der Waals surface area contributed by atoms with Crippen LogP contribution in [0.1, 0.15) is 24.0 Å². The van der Waals surface area contributed by atoms with E-state index in [2.05, 4.69) is 10.5 Å². The lowest BCUT2D eigenvalue weighted by Gasteiger charge is -2.23. The van der Waals surface area contributed by atoms with Crippen molar-refractivity contribution in [2.45, 2.75) is 31.9 Å². The molecule has 0 spiro atoms. The molecule has 0 saturated carbocycles. The molecule has 0 aliphatic carbocycles. The lowest BCUT2D eigenvalue weighted by atomic mass is 9.95. The highest BCUT2D eigenvalue weighted by Gasteiger charge is 2.29. The van der Waals surface area contributed by atoms with Crippen molar-refractivity contribution < 1.29 is 33.7 Å². The van der Waals surface area contributed by atoms with Gasteiger partial charge in [-0.05, 0) is 53.2 Å². The van der Waals surface area contributed by atoms with Crippen LogP contribution in [0.3, 0.4) is 0 Å². The number of oxime groups is 1. The molecule has 0 bridgehead atoms. The zero-order chi connectivity index (χ0) is 26.8. The van der Waals surface area contributed by atoms with Crippen molar-refractivity contribution >= 4 is 29.4 Å². The molecule has 2 aromatic rings. The lowest BCUT2D eigenvalue weighted by Crippen LogP contribution is -2.47. The van der Waals surface area contributed by atoms with Gasteiger partial charge in [0.15, 0.2) is 0 Å². The molecule has 37 heavy (non-hydrogen) atoms. The molecule has 200 valence electrons. The van der Waals surface area contributed by atoms with E-state index in [1.54, 1.807) is 21.3 Å². The fraction of sp³-hybridized carbons (Fsp3) is 0.444. The largest absolute Gasteiger partial charge is 0.496 e. The number of benzene rings is 2. The van der Waals surface area contributed by atoms with Crippen LogP contribution in [-0.4, -0.2) is 68.7 Å². The Bertz CT molecular complexity index is 1070. The number of carboxylic acids is 1. The van der Waals surface area contributed by atoms with Crippen molar-refractivity contribution in [3.63, 3.8) is 0 Å². The van der Waals surface area contributed by atoms with Crippen molar-refractivity contribution in [3.8, 4) is 22.6 Å². The topological polar surface area (TPSA) is 116 Å². The van der Waals surface area contributed by atoms with Crippen LogP contribution < -0.4 is 14.8 Å². The van der Waals surface area contributed by atoms with Crippen LogP contribution in [0.4, 0.5) is 0 Å². The van der Waals surface area contributed by atoms with Crippen LogP contribution in [0, 0.1) is 5.92 Å². The number of amides is 1. The highest BCUT2D eigenvalue weighted by atomic mass is 32.2. The molecule has 1 aliphatic heterocycles. The number of hydrogen-bond donors (Lipinski definition) is 2. The highest BCUT2D eigenvalue weighted by molar-refractivity contribution is 7.99. The third-order valence-corrected chi connectivity index (χ3v) is 7.24. The summed E-state index contributed by atoms with van der Waals surface area (Å²) in [4.78, 5) is 29.9. The molecule has 1 atom stereocenters. The standard InChI is InChI=1S/C27H34N2O7S/c1-33-16-18-14-22(34-2)24(23(15-18)35-3)19-7-5-17(6-8-19)13-21(27(31)32)28-26(30)25(29-36-4)20-9-11-37-12-10-20/h5-8,14-15,20-21H,9-13,16H2,1-4H3,(H,28,30)(H,31,32)/b29-25-/t21-/m0/s1. The smallest absolute Gasteiger partial charge is 0.326 e. The Morgan fingerprint density at radius 3 is 2.16 bits per heavy atom. The number of nitrogens with zero attached hydrogens (tertiary/aromatic N) is 1. The van der Waals surface area contributed by atoms with E-state index in [0.717, 1.165) is 46.6 Å². The average molecular weight is 531 g/mol. The molecule has 1 amide bonds. The maximum Gasteiger partial charge on any atom is 0.326 e. The van der Waals surface area contributed by atoms with Gasteiger partial charge in [-0.1, -0.05) is 29.4 Å². The van der Waals surface area contributed by atoms with Crippen LogP contribution in [0.25, 0.3) is 11.1 Å². The summed E-state index contributed by atoms with van der Waals surface area (Å²) in [6.45, 7) is 0.421. The third kappa shape index (κ3) is 7.39. The summed E-state index contributed by atoms with van der Waals surface area (Å²) >= 11 is 1.83. The van der Waals surface area contributed by atoms with Gasteiger partial charge in [0.25, 0.3) is 5.91 Å². The molecule has 0 radical (unpaired) electrons. The SMILES string of the molecule is COCc1cc(OC)c(-c2ccc(C[C@H](NC(=O)/C(=N\OC)C3CCSCC3)C(=O)O)cc2)c(OC)c1. The van der Waals surface area contributed by atoms with Gasteiger partial charge < -0.3 is 29.5 Å². The highest BCUT2D eigenvalue weighted by Crippen LogP contribution is 2.40. The molecule has 2 N–H and O–H groups in total. The number of aliphatic carboxylic acids is 1. The monoisotopic (exact) mass is 530 g/mol. The Balaban J connectivity index is 1.79. The van der Waals surface area contributed by atoms with E-state index in [1.165, 1.54) is 7.11 Å². The molecular formula is C27H34N2O7S. The number of methoxy groups -OCH3 is 3. The second kappa shape index (κ2) is 13.9. The minimum absolute atomic E-state index is 0.0461. The van der Waals surface area contributed by atoms with Gasteiger partial charge in [-0.3, -0.25) is 4.79 Å². The van der Waals surface area contributed by atoms with Crippen LogP contribution in [0.5, 0.6) is 11.5 Å². The van der Waals surface area contributed by atoms with Crippen LogP contribution in [0.15, 0.2) is 41.6 Å². The molecule has 1 aliphatic rings. The maximum atomic E-state index is 13.0. The second-order valence-corrected chi connectivity index (χ2v) is 9.84. The van der Waals surface area contributed by atoms with Gasteiger partial charge in [-0.15, -0.1) is 0 Å². The third-order valence-electron chi connectivity index (χ3n) is 6.19. The van der Waals surface area contributed by atoms with Gasteiger partial charge in [0.2, 0.25) is 0 Å². The van der Waals surface area contributed by atoms with Gasteiger partial charge in [-0.25, -0.2) is 4.79 Å². The Morgan fingerprint density at radius 1 is 1.03 bits per heavy atom. The molecule has 2 aromatic carbocycles. The number of nitrogens with one attached hydrogen (secondary N) is 1. The van der Waals surface area contributed by atoms with Gasteiger partial charge >= 0.3 is 5.97 Å². The zero-order valence-electron chi connectivity index (χ0n) is 21.6. The molecule has 0 unspecified atom stereocenters. The Hall–Kier alpha value is -3.24. The quantitative estimate of drug-likeness (QED) is 0.315. The van der Waals surface area contributed by atoms with Gasteiger partial charge in [0, 0.05) is 19.4 Å². The average Bonchev–Trinajstić information content (AvgIpc) is 2.91. The van der Waals surface area contributed by atoms with Crippen molar-refractivity contribution in [2.24, 2.45) is 11.1 Å². The van der Waals surface area contributed by atoms with Crippen LogP contribution >= 0.6 is 11.8 Å². The fourth-order valence-electron chi connectivity index (χ4n) is 4.35. The summed E-state index contributed by atoms with van der Waals surface area (Å²) in [5, 5.41) is 16.4.